The van der Waals surface area contributed by atoms with Gasteiger partial charge >= 0.3 is 0 Å². The molecule has 0 saturated heterocycles. The molecule has 0 saturated carbocycles. The molecule has 2 aromatic carbocycles. The van der Waals surface area contributed by atoms with Crippen LogP contribution >= 0.6 is 0 Å². The molecule has 0 aliphatic carbocycles. The first kappa shape index (κ1) is 16.0. The predicted molar refractivity (Wildman–Crippen MR) is 83.0 cm³/mol. The van der Waals surface area contributed by atoms with Gasteiger partial charge in [0.2, 0.25) is 10.0 Å². The monoisotopic (exact) mass is 316 g/mol. The summed E-state index contributed by atoms with van der Waals surface area (Å²) in [5, 5.41) is 8.72. The summed E-state index contributed by atoms with van der Waals surface area (Å²) >= 11 is 0. The van der Waals surface area contributed by atoms with Gasteiger partial charge in [0.05, 0.1) is 23.6 Å². The molecule has 5 nitrogen and oxygen atoms in total. The van der Waals surface area contributed by atoms with Gasteiger partial charge in [0.25, 0.3) is 0 Å². The van der Waals surface area contributed by atoms with Crippen LogP contribution in [0.15, 0.2) is 53.4 Å². The fourth-order valence-electron chi connectivity index (χ4n) is 2.02. The minimum Gasteiger partial charge on any atom is -0.496 e. The van der Waals surface area contributed by atoms with E-state index in [2.05, 4.69) is 4.72 Å². The maximum absolute atomic E-state index is 12.2. The van der Waals surface area contributed by atoms with E-state index in [0.29, 0.717) is 12.0 Å². The Kier molecular flexibility index (Phi) is 5.15. The molecule has 0 fully saturated rings. The van der Waals surface area contributed by atoms with E-state index in [0.717, 1.165) is 11.3 Å². The molecule has 0 spiro atoms. The molecule has 2 rings (SSSR count). The number of nitrogens with zero attached hydrogens (tertiary/aromatic N) is 1. The van der Waals surface area contributed by atoms with Crippen molar-refractivity contribution >= 4 is 10.0 Å². The van der Waals surface area contributed by atoms with Crippen LogP contribution in [0.5, 0.6) is 5.75 Å². The highest BCUT2D eigenvalue weighted by atomic mass is 32.2. The first-order valence-electron chi connectivity index (χ1n) is 6.68. The van der Waals surface area contributed by atoms with Gasteiger partial charge in [0, 0.05) is 6.54 Å². The molecular weight excluding hydrogens is 300 g/mol. The van der Waals surface area contributed by atoms with Crippen molar-refractivity contribution in [2.24, 2.45) is 0 Å². The Morgan fingerprint density at radius 2 is 1.82 bits per heavy atom. The van der Waals surface area contributed by atoms with E-state index in [4.69, 9.17) is 10.00 Å². The van der Waals surface area contributed by atoms with Gasteiger partial charge in [-0.25, -0.2) is 13.1 Å². The summed E-state index contributed by atoms with van der Waals surface area (Å²) in [6, 6.07) is 15.2. The predicted octanol–water partition coefficient (Wildman–Crippen LogP) is 2.09. The van der Waals surface area contributed by atoms with Crippen molar-refractivity contribution in [1.82, 2.24) is 4.72 Å². The minimum atomic E-state index is -3.58. The Labute approximate surface area is 130 Å². The number of benzene rings is 2. The van der Waals surface area contributed by atoms with E-state index < -0.39 is 10.0 Å². The second-order valence-corrected chi connectivity index (χ2v) is 6.36. The molecule has 22 heavy (non-hydrogen) atoms. The Balaban J connectivity index is 2.02. The van der Waals surface area contributed by atoms with Crippen molar-refractivity contribution in [2.75, 3.05) is 13.7 Å². The topological polar surface area (TPSA) is 79.2 Å². The Morgan fingerprint density at radius 1 is 1.14 bits per heavy atom. The molecule has 0 radical (unpaired) electrons. The van der Waals surface area contributed by atoms with Crippen LogP contribution < -0.4 is 9.46 Å². The van der Waals surface area contributed by atoms with Gasteiger partial charge in [0.15, 0.2) is 0 Å². The molecular formula is C16H16N2O3S. The third-order valence-electron chi connectivity index (χ3n) is 3.17. The highest BCUT2D eigenvalue weighted by molar-refractivity contribution is 7.89. The second kappa shape index (κ2) is 7.07. The lowest BCUT2D eigenvalue weighted by Gasteiger charge is -2.09. The standard InChI is InChI=1S/C16H16N2O3S/c1-21-16-5-3-2-4-14(16)10-11-18-22(19,20)15-8-6-13(12-17)7-9-15/h2-9,18H,10-11H2,1H3. The number of methoxy groups -OCH3 is 1. The van der Waals surface area contributed by atoms with Gasteiger partial charge in [-0.2, -0.15) is 5.26 Å². The zero-order valence-corrected chi connectivity index (χ0v) is 12.9. The summed E-state index contributed by atoms with van der Waals surface area (Å²) in [5.41, 5.74) is 1.36. The van der Waals surface area contributed by atoms with Crippen molar-refractivity contribution in [3.05, 3.63) is 59.7 Å². The van der Waals surface area contributed by atoms with E-state index in [1.165, 1.54) is 24.3 Å². The lowest BCUT2D eigenvalue weighted by atomic mass is 10.1. The fraction of sp³-hybridized carbons (Fsp3) is 0.188. The third-order valence-corrected chi connectivity index (χ3v) is 4.65. The van der Waals surface area contributed by atoms with Crippen LogP contribution in [-0.2, 0) is 16.4 Å². The molecule has 0 bridgehead atoms. The van der Waals surface area contributed by atoms with Gasteiger partial charge in [-0.15, -0.1) is 0 Å². The van der Waals surface area contributed by atoms with Crippen molar-refractivity contribution in [2.45, 2.75) is 11.3 Å². The molecule has 1 N–H and O–H groups in total. The average molecular weight is 316 g/mol. The van der Waals surface area contributed by atoms with Crippen LogP contribution in [0.3, 0.4) is 0 Å². The molecule has 114 valence electrons. The summed E-state index contributed by atoms with van der Waals surface area (Å²) in [5.74, 6) is 0.736. The maximum atomic E-state index is 12.2. The molecule has 0 aliphatic heterocycles. The second-order valence-electron chi connectivity index (χ2n) is 4.60. The van der Waals surface area contributed by atoms with Gasteiger partial charge in [0.1, 0.15) is 5.75 Å². The largest absolute Gasteiger partial charge is 0.496 e. The number of nitrogens with one attached hydrogen (secondary N) is 1. The molecule has 0 heterocycles. The van der Waals surface area contributed by atoms with Gasteiger partial charge in [-0.05, 0) is 42.3 Å². The van der Waals surface area contributed by atoms with Crippen LogP contribution in [-0.4, -0.2) is 22.1 Å². The van der Waals surface area contributed by atoms with Crippen LogP contribution in [0.4, 0.5) is 0 Å². The SMILES string of the molecule is COc1ccccc1CCNS(=O)(=O)c1ccc(C#N)cc1. The molecule has 2 aromatic rings. The smallest absolute Gasteiger partial charge is 0.240 e. The number of nitriles is 1. The first-order valence-corrected chi connectivity index (χ1v) is 8.17. The number of para-hydroxylation sites is 1. The Morgan fingerprint density at radius 3 is 2.45 bits per heavy atom. The number of ether oxygens (including phenoxy) is 1. The highest BCUT2D eigenvalue weighted by Gasteiger charge is 2.13. The normalized spacial score (nSPS) is 10.9. The average Bonchev–Trinajstić information content (AvgIpc) is 2.55. The molecule has 0 aliphatic rings. The van der Waals surface area contributed by atoms with E-state index in [1.807, 2.05) is 30.3 Å². The van der Waals surface area contributed by atoms with Crippen molar-refractivity contribution in [3.8, 4) is 11.8 Å². The highest BCUT2D eigenvalue weighted by Crippen LogP contribution is 2.17. The molecule has 0 unspecified atom stereocenters. The van der Waals surface area contributed by atoms with Crippen molar-refractivity contribution in [3.63, 3.8) is 0 Å². The van der Waals surface area contributed by atoms with E-state index in [1.54, 1.807) is 7.11 Å². The van der Waals surface area contributed by atoms with Crippen LogP contribution in [0.2, 0.25) is 0 Å². The van der Waals surface area contributed by atoms with E-state index >= 15 is 0 Å². The zero-order valence-electron chi connectivity index (χ0n) is 12.1. The molecule has 0 amide bonds. The number of hydrogen-bond donors (Lipinski definition) is 1. The Bertz CT molecular complexity index is 778. The summed E-state index contributed by atoms with van der Waals surface area (Å²) in [6.45, 7) is 0.267. The molecule has 6 heteroatoms. The minimum absolute atomic E-state index is 0.145. The number of rotatable bonds is 6. The molecule has 0 atom stereocenters. The Hall–Kier alpha value is -2.36. The number of hydrogen-bond acceptors (Lipinski definition) is 4. The lowest BCUT2D eigenvalue weighted by Crippen LogP contribution is -2.26. The van der Waals surface area contributed by atoms with Gasteiger partial charge < -0.3 is 4.74 Å². The number of sulfonamides is 1. The van der Waals surface area contributed by atoms with Crippen LogP contribution in [0, 0.1) is 11.3 Å². The zero-order chi connectivity index (χ0) is 16.0. The maximum Gasteiger partial charge on any atom is 0.240 e. The van der Waals surface area contributed by atoms with Crippen molar-refractivity contribution in [1.29, 1.82) is 5.26 Å². The van der Waals surface area contributed by atoms with Gasteiger partial charge in [-0.1, -0.05) is 18.2 Å². The molecule has 0 aromatic heterocycles. The van der Waals surface area contributed by atoms with Crippen LogP contribution in [0.1, 0.15) is 11.1 Å². The summed E-state index contributed by atoms with van der Waals surface area (Å²) in [7, 11) is -1.99. The van der Waals surface area contributed by atoms with E-state index in [9.17, 15) is 8.42 Å². The third kappa shape index (κ3) is 3.85. The van der Waals surface area contributed by atoms with Crippen molar-refractivity contribution < 1.29 is 13.2 Å². The lowest BCUT2D eigenvalue weighted by molar-refractivity contribution is 0.409. The summed E-state index contributed by atoms with van der Waals surface area (Å²) in [6.07, 6.45) is 0.527. The van der Waals surface area contributed by atoms with Gasteiger partial charge in [-0.3, -0.25) is 0 Å². The summed E-state index contributed by atoms with van der Waals surface area (Å²) < 4.78 is 32.1. The summed E-state index contributed by atoms with van der Waals surface area (Å²) in [4.78, 5) is 0.145. The van der Waals surface area contributed by atoms with E-state index in [-0.39, 0.29) is 11.4 Å². The first-order chi connectivity index (χ1) is 10.6. The fourth-order valence-corrected chi connectivity index (χ4v) is 3.05. The quantitative estimate of drug-likeness (QED) is 0.885. The van der Waals surface area contributed by atoms with Crippen LogP contribution in [0.25, 0.3) is 0 Å².